The van der Waals surface area contributed by atoms with Crippen LogP contribution in [0.4, 0.5) is 0 Å². The fraction of sp³-hybridized carbons (Fsp3) is 0.562. The van der Waals surface area contributed by atoms with Crippen LogP contribution in [-0.2, 0) is 11.2 Å². The second-order valence-electron chi connectivity index (χ2n) is 5.58. The van der Waals surface area contributed by atoms with Gasteiger partial charge in [-0.25, -0.2) is 0 Å². The zero-order valence-corrected chi connectivity index (χ0v) is 12.4. The van der Waals surface area contributed by atoms with Crippen LogP contribution in [0.15, 0.2) is 18.2 Å². The van der Waals surface area contributed by atoms with Gasteiger partial charge in [-0.3, -0.25) is 4.79 Å². The zero-order chi connectivity index (χ0) is 14.5. The molecule has 2 rings (SSSR count). The van der Waals surface area contributed by atoms with E-state index >= 15 is 0 Å². The van der Waals surface area contributed by atoms with E-state index in [4.69, 9.17) is 9.47 Å². The zero-order valence-electron chi connectivity index (χ0n) is 12.4. The molecule has 1 aliphatic heterocycles. The molecule has 1 aromatic carbocycles. The Morgan fingerprint density at radius 2 is 1.90 bits per heavy atom. The Morgan fingerprint density at radius 1 is 1.20 bits per heavy atom. The highest BCUT2D eigenvalue weighted by Gasteiger charge is 2.13. The Morgan fingerprint density at radius 3 is 2.60 bits per heavy atom. The summed E-state index contributed by atoms with van der Waals surface area (Å²) in [4.78, 5) is 11.9. The van der Waals surface area contributed by atoms with Gasteiger partial charge >= 0.3 is 0 Å². The van der Waals surface area contributed by atoms with Crippen LogP contribution in [0.5, 0.6) is 11.5 Å². The molecule has 1 atom stereocenters. The molecule has 4 heteroatoms. The number of amides is 1. The monoisotopic (exact) mass is 277 g/mol. The molecule has 1 N–H and O–H groups in total. The van der Waals surface area contributed by atoms with Crippen molar-refractivity contribution in [3.63, 3.8) is 0 Å². The molecule has 0 radical (unpaired) electrons. The quantitative estimate of drug-likeness (QED) is 0.899. The van der Waals surface area contributed by atoms with E-state index in [0.717, 1.165) is 17.1 Å². The lowest BCUT2D eigenvalue weighted by molar-refractivity contribution is -0.121. The maximum Gasteiger partial charge on any atom is 0.220 e. The van der Waals surface area contributed by atoms with Gasteiger partial charge < -0.3 is 14.8 Å². The number of fused-ring (bicyclic) bond motifs is 1. The second-order valence-corrected chi connectivity index (χ2v) is 5.58. The van der Waals surface area contributed by atoms with Crippen molar-refractivity contribution in [3.05, 3.63) is 23.8 Å². The van der Waals surface area contributed by atoms with Crippen LogP contribution in [0.2, 0.25) is 0 Å². The first-order valence-electron chi connectivity index (χ1n) is 7.24. The Balaban J connectivity index is 1.86. The lowest BCUT2D eigenvalue weighted by atomic mass is 10.1. The van der Waals surface area contributed by atoms with E-state index in [1.807, 2.05) is 25.1 Å². The standard InChI is InChI=1S/C16H23NO3/c1-11(2)12(3)17-16(18)7-5-13-4-6-14-15(10-13)20-9-8-19-14/h4,6,10-12H,5,7-9H2,1-3H3,(H,17,18)/t12-/m0/s1. The predicted octanol–water partition coefficient (Wildman–Crippen LogP) is 2.55. The van der Waals surface area contributed by atoms with Gasteiger partial charge in [0.2, 0.25) is 5.91 Å². The fourth-order valence-electron chi connectivity index (χ4n) is 1.99. The maximum atomic E-state index is 11.9. The summed E-state index contributed by atoms with van der Waals surface area (Å²) in [5.41, 5.74) is 1.10. The van der Waals surface area contributed by atoms with Crippen LogP contribution >= 0.6 is 0 Å². The summed E-state index contributed by atoms with van der Waals surface area (Å²) in [5.74, 6) is 2.12. The van der Waals surface area contributed by atoms with E-state index < -0.39 is 0 Å². The SMILES string of the molecule is CC(C)[C@H](C)NC(=O)CCc1ccc2c(c1)OCCO2. The van der Waals surface area contributed by atoms with E-state index in [2.05, 4.69) is 19.2 Å². The Hall–Kier alpha value is -1.71. The van der Waals surface area contributed by atoms with Crippen LogP contribution in [0.25, 0.3) is 0 Å². The van der Waals surface area contributed by atoms with Crippen LogP contribution in [0.3, 0.4) is 0 Å². The molecule has 4 nitrogen and oxygen atoms in total. The molecule has 110 valence electrons. The van der Waals surface area contributed by atoms with Gasteiger partial charge in [0.1, 0.15) is 13.2 Å². The average molecular weight is 277 g/mol. The van der Waals surface area contributed by atoms with Crippen molar-refractivity contribution in [1.29, 1.82) is 0 Å². The summed E-state index contributed by atoms with van der Waals surface area (Å²) >= 11 is 0. The van der Waals surface area contributed by atoms with Gasteiger partial charge in [0.15, 0.2) is 11.5 Å². The summed E-state index contributed by atoms with van der Waals surface area (Å²) in [6.45, 7) is 7.43. The highest BCUT2D eigenvalue weighted by atomic mass is 16.6. The highest BCUT2D eigenvalue weighted by Crippen LogP contribution is 2.31. The molecular formula is C16H23NO3. The number of rotatable bonds is 5. The van der Waals surface area contributed by atoms with Crippen molar-refractivity contribution in [2.75, 3.05) is 13.2 Å². The first-order valence-corrected chi connectivity index (χ1v) is 7.24. The van der Waals surface area contributed by atoms with Crippen LogP contribution in [0.1, 0.15) is 32.8 Å². The maximum absolute atomic E-state index is 11.9. The van der Waals surface area contributed by atoms with E-state index in [9.17, 15) is 4.79 Å². The van der Waals surface area contributed by atoms with Crippen molar-refractivity contribution < 1.29 is 14.3 Å². The van der Waals surface area contributed by atoms with Gasteiger partial charge in [-0.2, -0.15) is 0 Å². The van der Waals surface area contributed by atoms with Gasteiger partial charge in [0.25, 0.3) is 0 Å². The van der Waals surface area contributed by atoms with E-state index in [0.29, 0.717) is 32.0 Å². The molecule has 0 saturated carbocycles. The van der Waals surface area contributed by atoms with Gasteiger partial charge in [-0.05, 0) is 37.0 Å². The first kappa shape index (κ1) is 14.7. The molecule has 1 aliphatic rings. The summed E-state index contributed by atoms with van der Waals surface area (Å²) in [5, 5.41) is 3.02. The Labute approximate surface area is 120 Å². The molecule has 0 unspecified atom stereocenters. The minimum Gasteiger partial charge on any atom is -0.486 e. The van der Waals surface area contributed by atoms with Gasteiger partial charge in [-0.15, -0.1) is 0 Å². The largest absolute Gasteiger partial charge is 0.486 e. The number of ether oxygens (including phenoxy) is 2. The average Bonchev–Trinajstić information content (AvgIpc) is 2.44. The molecular weight excluding hydrogens is 254 g/mol. The van der Waals surface area contributed by atoms with Crippen molar-refractivity contribution >= 4 is 5.91 Å². The number of benzene rings is 1. The van der Waals surface area contributed by atoms with Crippen LogP contribution in [-0.4, -0.2) is 25.2 Å². The number of carbonyl (C=O) groups excluding carboxylic acids is 1. The number of hydrogen-bond acceptors (Lipinski definition) is 3. The minimum absolute atomic E-state index is 0.0982. The molecule has 0 bridgehead atoms. The molecule has 0 spiro atoms. The van der Waals surface area contributed by atoms with Gasteiger partial charge in [0.05, 0.1) is 0 Å². The number of aryl methyl sites for hydroxylation is 1. The number of nitrogens with one attached hydrogen (secondary N) is 1. The second kappa shape index (κ2) is 6.64. The summed E-state index contributed by atoms with van der Waals surface area (Å²) in [6, 6.07) is 6.08. The van der Waals surface area contributed by atoms with E-state index in [1.54, 1.807) is 0 Å². The topological polar surface area (TPSA) is 47.6 Å². The van der Waals surface area contributed by atoms with E-state index in [-0.39, 0.29) is 11.9 Å². The molecule has 1 aromatic rings. The molecule has 1 heterocycles. The number of carbonyl (C=O) groups is 1. The lowest BCUT2D eigenvalue weighted by Crippen LogP contribution is -2.36. The van der Waals surface area contributed by atoms with Crippen molar-refractivity contribution in [1.82, 2.24) is 5.32 Å². The summed E-state index contributed by atoms with van der Waals surface area (Å²) in [7, 11) is 0. The van der Waals surface area contributed by atoms with Crippen molar-refractivity contribution in [2.24, 2.45) is 5.92 Å². The van der Waals surface area contributed by atoms with Crippen molar-refractivity contribution in [2.45, 2.75) is 39.7 Å². The van der Waals surface area contributed by atoms with Crippen LogP contribution in [0, 0.1) is 5.92 Å². The fourth-order valence-corrected chi connectivity index (χ4v) is 1.99. The first-order chi connectivity index (χ1) is 9.56. The Kier molecular flexibility index (Phi) is 4.88. The molecule has 0 aromatic heterocycles. The summed E-state index contributed by atoms with van der Waals surface area (Å²) in [6.07, 6.45) is 1.21. The molecule has 0 aliphatic carbocycles. The van der Waals surface area contributed by atoms with E-state index in [1.165, 1.54) is 0 Å². The highest BCUT2D eigenvalue weighted by molar-refractivity contribution is 5.76. The third kappa shape index (κ3) is 3.89. The Bertz CT molecular complexity index is 471. The van der Waals surface area contributed by atoms with Gasteiger partial charge in [0, 0.05) is 12.5 Å². The lowest BCUT2D eigenvalue weighted by Gasteiger charge is -2.19. The van der Waals surface area contributed by atoms with Gasteiger partial charge in [-0.1, -0.05) is 19.9 Å². The number of hydrogen-bond donors (Lipinski definition) is 1. The predicted molar refractivity (Wildman–Crippen MR) is 78.2 cm³/mol. The minimum atomic E-state index is 0.0982. The molecule has 20 heavy (non-hydrogen) atoms. The third-order valence-electron chi connectivity index (χ3n) is 3.64. The van der Waals surface area contributed by atoms with Crippen LogP contribution < -0.4 is 14.8 Å². The molecule has 0 saturated heterocycles. The van der Waals surface area contributed by atoms with Crippen molar-refractivity contribution in [3.8, 4) is 11.5 Å². The molecule has 0 fully saturated rings. The normalized spacial score (nSPS) is 15.0. The third-order valence-corrected chi connectivity index (χ3v) is 3.64. The smallest absolute Gasteiger partial charge is 0.220 e. The molecule has 1 amide bonds. The summed E-state index contributed by atoms with van der Waals surface area (Å²) < 4.78 is 11.0.